The van der Waals surface area contributed by atoms with Crippen molar-refractivity contribution in [3.8, 4) is 11.5 Å². The molecular formula is C20H23N3O6S. The molecular weight excluding hydrogens is 410 g/mol. The molecule has 0 atom stereocenters. The quantitative estimate of drug-likeness (QED) is 0.766. The van der Waals surface area contributed by atoms with Gasteiger partial charge in [0.1, 0.15) is 10.6 Å². The lowest BCUT2D eigenvalue weighted by atomic mass is 10.2. The molecule has 1 saturated heterocycles. The Balaban J connectivity index is 1.29. The Hall–Kier alpha value is -2.56. The van der Waals surface area contributed by atoms with E-state index in [1.54, 1.807) is 18.2 Å². The van der Waals surface area contributed by atoms with E-state index in [1.165, 1.54) is 16.6 Å². The lowest BCUT2D eigenvalue weighted by Crippen LogP contribution is -2.40. The summed E-state index contributed by atoms with van der Waals surface area (Å²) < 4.78 is 44.0. The van der Waals surface area contributed by atoms with Crippen molar-refractivity contribution in [2.45, 2.75) is 36.4 Å². The van der Waals surface area contributed by atoms with Gasteiger partial charge in [0.2, 0.25) is 10.0 Å². The third-order valence-corrected chi connectivity index (χ3v) is 7.54. The molecule has 9 nitrogen and oxygen atoms in total. The van der Waals surface area contributed by atoms with Gasteiger partial charge in [0.25, 0.3) is 11.7 Å². The second-order valence-corrected chi connectivity index (χ2v) is 9.64. The van der Waals surface area contributed by atoms with Crippen LogP contribution in [0.3, 0.4) is 0 Å². The normalized spacial score (nSPS) is 20.5. The highest BCUT2D eigenvalue weighted by atomic mass is 32.2. The van der Waals surface area contributed by atoms with Crippen LogP contribution in [-0.4, -0.2) is 55.7 Å². The number of fused-ring (bicyclic) bond motifs is 1. The number of carbonyl (C=O) groups excluding carboxylic acids is 1. The summed E-state index contributed by atoms with van der Waals surface area (Å²) in [5, 5.41) is 2.78. The number of amides is 1. The van der Waals surface area contributed by atoms with Gasteiger partial charge in [-0.05, 0) is 31.0 Å². The first-order valence-corrected chi connectivity index (χ1v) is 11.5. The van der Waals surface area contributed by atoms with Crippen LogP contribution in [0.15, 0.2) is 35.4 Å². The fourth-order valence-electron chi connectivity index (χ4n) is 4.08. The zero-order valence-corrected chi connectivity index (χ0v) is 17.2. The molecule has 30 heavy (non-hydrogen) atoms. The van der Waals surface area contributed by atoms with Gasteiger partial charge >= 0.3 is 0 Å². The first-order chi connectivity index (χ1) is 14.5. The topological polar surface area (TPSA) is 110 Å². The molecule has 1 saturated carbocycles. The van der Waals surface area contributed by atoms with Crippen LogP contribution in [0.25, 0.3) is 0 Å². The van der Waals surface area contributed by atoms with Gasteiger partial charge in [0.05, 0.1) is 13.2 Å². The van der Waals surface area contributed by atoms with E-state index in [0.29, 0.717) is 43.5 Å². The van der Waals surface area contributed by atoms with Crippen molar-refractivity contribution in [3.05, 3.63) is 36.2 Å². The molecule has 3 heterocycles. The summed E-state index contributed by atoms with van der Waals surface area (Å²) in [7, 11) is -3.66. The van der Waals surface area contributed by atoms with Crippen LogP contribution in [0.2, 0.25) is 0 Å². The Labute approximate surface area is 174 Å². The van der Waals surface area contributed by atoms with E-state index in [1.807, 2.05) is 0 Å². The minimum absolute atomic E-state index is 0.0587. The van der Waals surface area contributed by atoms with Crippen LogP contribution < -0.4 is 14.8 Å². The van der Waals surface area contributed by atoms with Crippen LogP contribution in [-0.2, 0) is 14.8 Å². The zero-order chi connectivity index (χ0) is 20.8. The van der Waals surface area contributed by atoms with E-state index in [9.17, 15) is 13.2 Å². The van der Waals surface area contributed by atoms with Crippen LogP contribution in [0.4, 0.5) is 5.69 Å². The summed E-state index contributed by atoms with van der Waals surface area (Å²) in [4.78, 5) is 15.5. The summed E-state index contributed by atoms with van der Waals surface area (Å²) >= 11 is 0. The molecule has 0 unspecified atom stereocenters. The summed E-state index contributed by atoms with van der Waals surface area (Å²) in [6.07, 6.45) is 5.18. The molecule has 1 amide bonds. The zero-order valence-electron chi connectivity index (χ0n) is 16.3. The smallest absolute Gasteiger partial charge is 0.272 e. The number of hydrogen-bond donors (Lipinski definition) is 2. The molecule has 0 radical (unpaired) electrons. The Morgan fingerprint density at radius 3 is 2.57 bits per heavy atom. The first kappa shape index (κ1) is 19.4. The molecule has 3 aliphatic rings. The highest BCUT2D eigenvalue weighted by Gasteiger charge is 2.44. The minimum atomic E-state index is -3.66. The van der Waals surface area contributed by atoms with Crippen LogP contribution in [0.1, 0.15) is 36.2 Å². The number of rotatable bonds is 4. The number of sulfonamides is 1. The van der Waals surface area contributed by atoms with E-state index < -0.39 is 21.7 Å². The van der Waals surface area contributed by atoms with Crippen molar-refractivity contribution in [2.75, 3.05) is 31.6 Å². The van der Waals surface area contributed by atoms with Crippen molar-refractivity contribution >= 4 is 21.6 Å². The van der Waals surface area contributed by atoms with Crippen molar-refractivity contribution in [1.82, 2.24) is 9.29 Å². The fraction of sp³-hybridized carbons (Fsp3) is 0.450. The molecule has 1 spiro atoms. The van der Waals surface area contributed by atoms with Gasteiger partial charge in [-0.15, -0.1) is 0 Å². The minimum Gasteiger partial charge on any atom is -0.448 e. The Bertz CT molecular complexity index is 1070. The molecule has 160 valence electrons. The average molecular weight is 433 g/mol. The Morgan fingerprint density at radius 2 is 1.80 bits per heavy atom. The summed E-state index contributed by atoms with van der Waals surface area (Å²) in [6.45, 7) is 1.33. The summed E-state index contributed by atoms with van der Waals surface area (Å²) in [6, 6.07) is 6.60. The predicted octanol–water partition coefficient (Wildman–Crippen LogP) is 2.33. The van der Waals surface area contributed by atoms with Gasteiger partial charge < -0.3 is 24.5 Å². The Morgan fingerprint density at radius 1 is 1.07 bits per heavy atom. The maximum atomic E-state index is 12.7. The molecule has 2 N–H and O–H groups in total. The van der Waals surface area contributed by atoms with E-state index in [0.717, 1.165) is 25.7 Å². The maximum Gasteiger partial charge on any atom is 0.272 e. The molecule has 10 heteroatoms. The molecule has 1 aromatic carbocycles. The molecule has 0 bridgehead atoms. The van der Waals surface area contributed by atoms with Crippen LogP contribution in [0, 0.1) is 0 Å². The second kappa shape index (κ2) is 7.29. The number of ether oxygens (including phenoxy) is 3. The standard InChI is InChI=1S/C20H23N3O6S/c24-19(16-12-15(13-21-16)30(25,26)23-7-9-27-10-8-23)22-14-3-4-17-18(11-14)29-20(28-17)5-1-2-6-20/h3-4,11-13,21H,1-2,5-10H2,(H,22,24). The van der Waals surface area contributed by atoms with Gasteiger partial charge in [-0.1, -0.05) is 0 Å². The number of carbonyl (C=O) groups is 1. The van der Waals surface area contributed by atoms with E-state index >= 15 is 0 Å². The van der Waals surface area contributed by atoms with Gasteiger partial charge in [0.15, 0.2) is 11.5 Å². The molecule has 2 aliphatic heterocycles. The third-order valence-electron chi connectivity index (χ3n) is 5.67. The lowest BCUT2D eigenvalue weighted by molar-refractivity contribution is -0.0716. The van der Waals surface area contributed by atoms with Gasteiger partial charge in [-0.25, -0.2) is 8.42 Å². The largest absolute Gasteiger partial charge is 0.448 e. The van der Waals surface area contributed by atoms with Gasteiger partial charge in [-0.3, -0.25) is 4.79 Å². The highest BCUT2D eigenvalue weighted by molar-refractivity contribution is 7.89. The highest BCUT2D eigenvalue weighted by Crippen LogP contribution is 2.47. The van der Waals surface area contributed by atoms with E-state index in [-0.39, 0.29) is 10.6 Å². The molecule has 1 aliphatic carbocycles. The first-order valence-electron chi connectivity index (χ1n) is 10.1. The molecule has 5 rings (SSSR count). The average Bonchev–Trinajstić information content (AvgIpc) is 3.48. The van der Waals surface area contributed by atoms with E-state index in [2.05, 4.69) is 10.3 Å². The molecule has 2 fully saturated rings. The number of aromatic nitrogens is 1. The molecule has 2 aromatic rings. The SMILES string of the molecule is O=C(Nc1ccc2c(c1)OC1(CCCC1)O2)c1cc(S(=O)(=O)N2CCOCC2)c[nH]1. The lowest BCUT2D eigenvalue weighted by Gasteiger charge is -2.25. The number of benzene rings is 1. The van der Waals surface area contributed by atoms with Crippen molar-refractivity contribution in [2.24, 2.45) is 0 Å². The molecule has 1 aromatic heterocycles. The van der Waals surface area contributed by atoms with Crippen LogP contribution in [0.5, 0.6) is 11.5 Å². The number of hydrogen-bond acceptors (Lipinski definition) is 6. The predicted molar refractivity (Wildman–Crippen MR) is 107 cm³/mol. The number of anilines is 1. The number of H-pyrrole nitrogens is 1. The van der Waals surface area contributed by atoms with Crippen LogP contribution >= 0.6 is 0 Å². The van der Waals surface area contributed by atoms with Gasteiger partial charge in [0, 0.05) is 43.9 Å². The number of nitrogens with zero attached hydrogens (tertiary/aromatic N) is 1. The summed E-state index contributed by atoms with van der Waals surface area (Å²) in [5.41, 5.74) is 0.705. The monoisotopic (exact) mass is 433 g/mol. The maximum absolute atomic E-state index is 12.7. The van der Waals surface area contributed by atoms with Crippen molar-refractivity contribution in [1.29, 1.82) is 0 Å². The van der Waals surface area contributed by atoms with Gasteiger partial charge in [-0.2, -0.15) is 4.31 Å². The number of nitrogens with one attached hydrogen (secondary N) is 2. The van der Waals surface area contributed by atoms with Crippen molar-refractivity contribution < 1.29 is 27.4 Å². The number of morpholine rings is 1. The second-order valence-electron chi connectivity index (χ2n) is 7.70. The number of aromatic amines is 1. The van der Waals surface area contributed by atoms with Crippen molar-refractivity contribution in [3.63, 3.8) is 0 Å². The Kier molecular flexibility index (Phi) is 4.72. The fourth-order valence-corrected chi connectivity index (χ4v) is 5.48. The summed E-state index contributed by atoms with van der Waals surface area (Å²) in [5.74, 6) is 0.283. The van der Waals surface area contributed by atoms with E-state index in [4.69, 9.17) is 14.2 Å². The third kappa shape index (κ3) is 3.44.